The van der Waals surface area contributed by atoms with Gasteiger partial charge in [0.1, 0.15) is 0 Å². The number of likely N-dealkylation sites (tertiary alicyclic amines) is 1. The van der Waals surface area contributed by atoms with Crippen molar-refractivity contribution in [1.29, 1.82) is 0 Å². The average molecular weight is 316 g/mol. The first-order chi connectivity index (χ1) is 11.1. The Labute approximate surface area is 139 Å². The van der Waals surface area contributed by atoms with Crippen LogP contribution in [0.2, 0.25) is 0 Å². The van der Waals surface area contributed by atoms with Gasteiger partial charge >= 0.3 is 0 Å². The van der Waals surface area contributed by atoms with Crippen LogP contribution in [0, 0.1) is 6.92 Å². The number of aryl methyl sites for hydroxylation is 1. The fourth-order valence-electron chi connectivity index (χ4n) is 3.19. The van der Waals surface area contributed by atoms with E-state index in [0.29, 0.717) is 25.8 Å². The van der Waals surface area contributed by atoms with E-state index in [0.717, 1.165) is 19.4 Å². The number of carbonyl (C=O) groups is 2. The van der Waals surface area contributed by atoms with Crippen LogP contribution in [0.1, 0.15) is 62.6 Å². The molecule has 1 aromatic rings. The van der Waals surface area contributed by atoms with Crippen LogP contribution in [-0.2, 0) is 9.59 Å². The summed E-state index contributed by atoms with van der Waals surface area (Å²) in [5.41, 5.74) is 2.47. The second kappa shape index (κ2) is 8.70. The second-order valence-corrected chi connectivity index (χ2v) is 6.32. The number of benzene rings is 1. The Bertz CT molecular complexity index is 525. The highest BCUT2D eigenvalue weighted by Gasteiger charge is 2.27. The van der Waals surface area contributed by atoms with Gasteiger partial charge in [0, 0.05) is 25.9 Å². The standard InChI is InChI=1S/C19H28N2O2/c1-3-20-18(22)8-6-9-19(23)21-14-5-4-7-17(21)16-12-10-15(2)11-13-16/h10-13,17H,3-9,14H2,1-2H3,(H,20,22). The third kappa shape index (κ3) is 5.08. The van der Waals surface area contributed by atoms with Gasteiger partial charge in [-0.05, 0) is 45.1 Å². The Balaban J connectivity index is 1.93. The van der Waals surface area contributed by atoms with Gasteiger partial charge in [-0.25, -0.2) is 0 Å². The lowest BCUT2D eigenvalue weighted by molar-refractivity contribution is -0.135. The summed E-state index contributed by atoms with van der Waals surface area (Å²) in [6.45, 7) is 5.46. The van der Waals surface area contributed by atoms with Crippen molar-refractivity contribution in [2.24, 2.45) is 0 Å². The molecule has 1 aromatic carbocycles. The number of amides is 2. The monoisotopic (exact) mass is 316 g/mol. The molecule has 1 aliphatic heterocycles. The molecule has 0 radical (unpaired) electrons. The third-order valence-electron chi connectivity index (χ3n) is 4.45. The van der Waals surface area contributed by atoms with E-state index >= 15 is 0 Å². The van der Waals surface area contributed by atoms with Gasteiger partial charge in [-0.3, -0.25) is 9.59 Å². The molecular formula is C19H28N2O2. The molecule has 126 valence electrons. The van der Waals surface area contributed by atoms with E-state index in [1.807, 2.05) is 11.8 Å². The molecule has 4 heteroatoms. The zero-order valence-electron chi connectivity index (χ0n) is 14.3. The lowest BCUT2D eigenvalue weighted by atomic mass is 9.94. The fourth-order valence-corrected chi connectivity index (χ4v) is 3.19. The fraction of sp³-hybridized carbons (Fsp3) is 0.579. The maximum Gasteiger partial charge on any atom is 0.223 e. The van der Waals surface area contributed by atoms with E-state index in [4.69, 9.17) is 0 Å². The number of rotatable bonds is 6. The van der Waals surface area contributed by atoms with Gasteiger partial charge in [0.2, 0.25) is 11.8 Å². The van der Waals surface area contributed by atoms with E-state index in [-0.39, 0.29) is 17.9 Å². The van der Waals surface area contributed by atoms with Crippen LogP contribution in [0.3, 0.4) is 0 Å². The van der Waals surface area contributed by atoms with Crippen molar-refractivity contribution in [2.45, 2.75) is 58.4 Å². The largest absolute Gasteiger partial charge is 0.356 e. The molecule has 1 saturated heterocycles. The van der Waals surface area contributed by atoms with Crippen molar-refractivity contribution < 1.29 is 9.59 Å². The minimum Gasteiger partial charge on any atom is -0.356 e. The quantitative estimate of drug-likeness (QED) is 0.875. The van der Waals surface area contributed by atoms with Crippen molar-refractivity contribution in [3.8, 4) is 0 Å². The molecular weight excluding hydrogens is 288 g/mol. The first-order valence-electron chi connectivity index (χ1n) is 8.74. The van der Waals surface area contributed by atoms with Gasteiger partial charge in [0.25, 0.3) is 0 Å². The molecule has 23 heavy (non-hydrogen) atoms. The van der Waals surface area contributed by atoms with E-state index in [2.05, 4.69) is 36.5 Å². The first-order valence-corrected chi connectivity index (χ1v) is 8.74. The number of carbonyl (C=O) groups excluding carboxylic acids is 2. The van der Waals surface area contributed by atoms with E-state index in [1.54, 1.807) is 0 Å². The second-order valence-electron chi connectivity index (χ2n) is 6.32. The van der Waals surface area contributed by atoms with Crippen molar-refractivity contribution in [2.75, 3.05) is 13.1 Å². The minimum atomic E-state index is 0.0361. The van der Waals surface area contributed by atoms with Crippen LogP contribution in [0.25, 0.3) is 0 Å². The van der Waals surface area contributed by atoms with Gasteiger partial charge in [0.05, 0.1) is 6.04 Å². The summed E-state index contributed by atoms with van der Waals surface area (Å²) in [5.74, 6) is 0.216. The number of nitrogens with zero attached hydrogens (tertiary/aromatic N) is 1. The highest BCUT2D eigenvalue weighted by molar-refractivity contribution is 5.79. The predicted molar refractivity (Wildman–Crippen MR) is 92.0 cm³/mol. The smallest absolute Gasteiger partial charge is 0.223 e. The molecule has 1 heterocycles. The molecule has 1 N–H and O–H groups in total. The van der Waals surface area contributed by atoms with Gasteiger partial charge in [-0.2, -0.15) is 0 Å². The van der Waals surface area contributed by atoms with Crippen LogP contribution in [0.4, 0.5) is 0 Å². The molecule has 2 rings (SSSR count). The summed E-state index contributed by atoms with van der Waals surface area (Å²) < 4.78 is 0. The molecule has 4 nitrogen and oxygen atoms in total. The lowest BCUT2D eigenvalue weighted by Crippen LogP contribution is -2.38. The molecule has 1 aliphatic rings. The summed E-state index contributed by atoms with van der Waals surface area (Å²) in [4.78, 5) is 26.1. The summed E-state index contributed by atoms with van der Waals surface area (Å²) in [6, 6.07) is 8.70. The van der Waals surface area contributed by atoms with Gasteiger partial charge in [-0.15, -0.1) is 0 Å². The SMILES string of the molecule is CCNC(=O)CCCC(=O)N1CCCCC1c1ccc(C)cc1. The zero-order chi connectivity index (χ0) is 16.7. The van der Waals surface area contributed by atoms with Crippen LogP contribution >= 0.6 is 0 Å². The Morgan fingerprint density at radius 3 is 2.61 bits per heavy atom. The average Bonchev–Trinajstić information content (AvgIpc) is 2.56. The molecule has 0 aliphatic carbocycles. The number of piperidine rings is 1. The van der Waals surface area contributed by atoms with Crippen molar-refractivity contribution in [3.05, 3.63) is 35.4 Å². The van der Waals surface area contributed by atoms with E-state index < -0.39 is 0 Å². The van der Waals surface area contributed by atoms with Crippen molar-refractivity contribution >= 4 is 11.8 Å². The Morgan fingerprint density at radius 1 is 1.17 bits per heavy atom. The molecule has 0 spiro atoms. The lowest BCUT2D eigenvalue weighted by Gasteiger charge is -2.36. The van der Waals surface area contributed by atoms with Crippen LogP contribution in [0.15, 0.2) is 24.3 Å². The maximum absolute atomic E-state index is 12.6. The molecule has 0 saturated carbocycles. The number of hydrogen-bond donors (Lipinski definition) is 1. The normalized spacial score (nSPS) is 17.8. The van der Waals surface area contributed by atoms with Crippen LogP contribution in [0.5, 0.6) is 0 Å². The zero-order valence-corrected chi connectivity index (χ0v) is 14.3. The minimum absolute atomic E-state index is 0.0361. The highest BCUT2D eigenvalue weighted by Crippen LogP contribution is 2.31. The van der Waals surface area contributed by atoms with Crippen LogP contribution < -0.4 is 5.32 Å². The van der Waals surface area contributed by atoms with E-state index in [9.17, 15) is 9.59 Å². The van der Waals surface area contributed by atoms with Gasteiger partial charge < -0.3 is 10.2 Å². The Kier molecular flexibility index (Phi) is 6.63. The predicted octanol–water partition coefficient (Wildman–Crippen LogP) is 3.36. The van der Waals surface area contributed by atoms with Crippen LogP contribution in [-0.4, -0.2) is 29.8 Å². The van der Waals surface area contributed by atoms with Crippen molar-refractivity contribution in [3.63, 3.8) is 0 Å². The number of nitrogens with one attached hydrogen (secondary N) is 1. The topological polar surface area (TPSA) is 49.4 Å². The Morgan fingerprint density at radius 2 is 1.91 bits per heavy atom. The van der Waals surface area contributed by atoms with Crippen molar-refractivity contribution in [1.82, 2.24) is 10.2 Å². The summed E-state index contributed by atoms with van der Waals surface area (Å²) in [5, 5.41) is 2.77. The summed E-state index contributed by atoms with van der Waals surface area (Å²) in [6.07, 6.45) is 4.79. The molecule has 1 unspecified atom stereocenters. The third-order valence-corrected chi connectivity index (χ3v) is 4.45. The van der Waals surface area contributed by atoms with Gasteiger partial charge in [0.15, 0.2) is 0 Å². The number of hydrogen-bond acceptors (Lipinski definition) is 2. The Hall–Kier alpha value is -1.84. The molecule has 0 aromatic heterocycles. The molecule has 1 atom stereocenters. The molecule has 1 fully saturated rings. The highest BCUT2D eigenvalue weighted by atomic mass is 16.2. The first kappa shape index (κ1) is 17.5. The molecule has 2 amide bonds. The van der Waals surface area contributed by atoms with E-state index in [1.165, 1.54) is 17.5 Å². The summed E-state index contributed by atoms with van der Waals surface area (Å²) >= 11 is 0. The summed E-state index contributed by atoms with van der Waals surface area (Å²) in [7, 11) is 0. The van der Waals surface area contributed by atoms with Gasteiger partial charge in [-0.1, -0.05) is 29.8 Å². The molecule has 0 bridgehead atoms. The maximum atomic E-state index is 12.6.